The van der Waals surface area contributed by atoms with E-state index < -0.39 is 11.8 Å². The van der Waals surface area contributed by atoms with Crippen LogP contribution >= 0.6 is 44.1 Å². The molecule has 1 fully saturated rings. The van der Waals surface area contributed by atoms with Gasteiger partial charge in [-0.05, 0) is 89.0 Å². The zero-order chi connectivity index (χ0) is 24.4. The molecular formula is C26H20Br2N2O3S. The number of halogens is 2. The number of nitrogens with one attached hydrogen (secondary N) is 1. The van der Waals surface area contributed by atoms with Crippen molar-refractivity contribution in [1.82, 2.24) is 5.32 Å². The smallest absolute Gasteiger partial charge is 0.270 e. The Morgan fingerprint density at radius 1 is 1.00 bits per heavy atom. The van der Waals surface area contributed by atoms with Gasteiger partial charge in [-0.2, -0.15) is 0 Å². The van der Waals surface area contributed by atoms with E-state index in [0.29, 0.717) is 28.1 Å². The van der Waals surface area contributed by atoms with E-state index in [4.69, 9.17) is 17.0 Å². The zero-order valence-corrected chi connectivity index (χ0v) is 22.4. The normalized spacial score (nSPS) is 15.0. The minimum absolute atomic E-state index is 0.0395. The summed E-state index contributed by atoms with van der Waals surface area (Å²) in [7, 11) is 0. The summed E-state index contributed by atoms with van der Waals surface area (Å²) in [6.45, 7) is 4.22. The molecule has 4 rings (SSSR count). The fourth-order valence-corrected chi connectivity index (χ4v) is 5.35. The van der Waals surface area contributed by atoms with Gasteiger partial charge >= 0.3 is 0 Å². The number of rotatable bonds is 5. The molecule has 8 heteroatoms. The van der Waals surface area contributed by atoms with Crippen molar-refractivity contribution in [2.24, 2.45) is 0 Å². The summed E-state index contributed by atoms with van der Waals surface area (Å²) < 4.78 is 7.55. The van der Waals surface area contributed by atoms with Crippen molar-refractivity contribution in [3.8, 4) is 5.75 Å². The first-order valence-corrected chi connectivity index (χ1v) is 12.4. The summed E-state index contributed by atoms with van der Waals surface area (Å²) in [5, 5.41) is 2.69. The minimum Gasteiger partial charge on any atom is -0.487 e. The molecule has 0 aliphatic carbocycles. The molecule has 3 aromatic carbocycles. The third kappa shape index (κ3) is 5.29. The van der Waals surface area contributed by atoms with E-state index >= 15 is 0 Å². The Balaban J connectivity index is 1.74. The lowest BCUT2D eigenvalue weighted by Gasteiger charge is -2.29. The second-order valence-electron chi connectivity index (χ2n) is 7.88. The van der Waals surface area contributed by atoms with E-state index in [9.17, 15) is 9.59 Å². The number of hydrogen-bond acceptors (Lipinski definition) is 4. The predicted octanol–water partition coefficient (Wildman–Crippen LogP) is 6.24. The molecule has 0 aromatic heterocycles. The number of anilines is 1. The summed E-state index contributed by atoms with van der Waals surface area (Å²) in [6.07, 6.45) is 1.53. The van der Waals surface area contributed by atoms with Gasteiger partial charge in [-0.3, -0.25) is 19.8 Å². The Morgan fingerprint density at radius 3 is 2.35 bits per heavy atom. The lowest BCUT2D eigenvalue weighted by molar-refractivity contribution is -0.122. The summed E-state index contributed by atoms with van der Waals surface area (Å²) >= 11 is 12.4. The van der Waals surface area contributed by atoms with Crippen LogP contribution in [0.2, 0.25) is 0 Å². The molecule has 1 aliphatic rings. The largest absolute Gasteiger partial charge is 0.487 e. The first-order chi connectivity index (χ1) is 16.2. The maximum atomic E-state index is 13.5. The topological polar surface area (TPSA) is 58.6 Å². The summed E-state index contributed by atoms with van der Waals surface area (Å²) in [6, 6.07) is 19.1. The Labute approximate surface area is 220 Å². The molecule has 0 unspecified atom stereocenters. The van der Waals surface area contributed by atoms with Crippen molar-refractivity contribution in [3.63, 3.8) is 0 Å². The highest BCUT2D eigenvalue weighted by Crippen LogP contribution is 2.36. The monoisotopic (exact) mass is 598 g/mol. The first-order valence-electron chi connectivity index (χ1n) is 10.4. The van der Waals surface area contributed by atoms with Crippen LogP contribution in [-0.2, 0) is 16.2 Å². The van der Waals surface area contributed by atoms with Crippen molar-refractivity contribution >= 4 is 72.8 Å². The Hall–Kier alpha value is -2.81. The van der Waals surface area contributed by atoms with E-state index in [1.807, 2.05) is 68.4 Å². The average Bonchev–Trinajstić information content (AvgIpc) is 2.76. The van der Waals surface area contributed by atoms with Gasteiger partial charge in [0.1, 0.15) is 17.9 Å². The van der Waals surface area contributed by atoms with Crippen molar-refractivity contribution < 1.29 is 14.3 Å². The molecule has 172 valence electrons. The van der Waals surface area contributed by atoms with Gasteiger partial charge in [-0.1, -0.05) is 52.3 Å². The summed E-state index contributed by atoms with van der Waals surface area (Å²) in [5.41, 5.74) is 4.11. The second-order valence-corrected chi connectivity index (χ2v) is 10.0. The minimum atomic E-state index is -0.555. The van der Waals surface area contributed by atoms with Crippen LogP contribution in [0, 0.1) is 13.8 Å². The lowest BCUT2D eigenvalue weighted by atomic mass is 10.0. The molecule has 5 nitrogen and oxygen atoms in total. The van der Waals surface area contributed by atoms with E-state index in [1.54, 1.807) is 6.07 Å². The van der Waals surface area contributed by atoms with Crippen LogP contribution in [0.25, 0.3) is 6.08 Å². The predicted molar refractivity (Wildman–Crippen MR) is 145 cm³/mol. The third-order valence-corrected chi connectivity index (χ3v) is 6.46. The van der Waals surface area contributed by atoms with Crippen LogP contribution in [0.3, 0.4) is 0 Å². The highest BCUT2D eigenvalue weighted by Gasteiger charge is 2.35. The van der Waals surface area contributed by atoms with Gasteiger partial charge in [0.15, 0.2) is 5.11 Å². The van der Waals surface area contributed by atoms with Gasteiger partial charge in [-0.15, -0.1) is 0 Å². The molecule has 1 aliphatic heterocycles. The molecule has 34 heavy (non-hydrogen) atoms. The van der Waals surface area contributed by atoms with Crippen LogP contribution < -0.4 is 15.0 Å². The van der Waals surface area contributed by atoms with Crippen LogP contribution in [0.15, 0.2) is 75.2 Å². The zero-order valence-electron chi connectivity index (χ0n) is 18.4. The first kappa shape index (κ1) is 24.3. The van der Waals surface area contributed by atoms with Crippen molar-refractivity contribution in [3.05, 3.63) is 97.4 Å². The van der Waals surface area contributed by atoms with Crippen molar-refractivity contribution in [1.29, 1.82) is 0 Å². The van der Waals surface area contributed by atoms with E-state index in [1.165, 1.54) is 11.0 Å². The fourth-order valence-electron chi connectivity index (χ4n) is 3.70. The highest BCUT2D eigenvalue weighted by atomic mass is 79.9. The molecule has 1 saturated heterocycles. The molecule has 1 N–H and O–H groups in total. The molecule has 1 heterocycles. The van der Waals surface area contributed by atoms with Gasteiger partial charge < -0.3 is 4.74 Å². The number of carbonyl (C=O) groups excluding carboxylic acids is 2. The van der Waals surface area contributed by atoms with Crippen molar-refractivity contribution in [2.75, 3.05) is 4.90 Å². The van der Waals surface area contributed by atoms with E-state index in [0.717, 1.165) is 21.2 Å². The summed E-state index contributed by atoms with van der Waals surface area (Å²) in [5.74, 6) is -0.532. The molecule has 2 amide bonds. The maximum absolute atomic E-state index is 13.5. The molecule has 3 aromatic rings. The Bertz CT molecular complexity index is 1320. The molecule has 0 spiro atoms. The van der Waals surface area contributed by atoms with Crippen LogP contribution in [0.5, 0.6) is 5.75 Å². The third-order valence-electron chi connectivity index (χ3n) is 5.13. The second kappa shape index (κ2) is 10.2. The fraction of sp³-hybridized carbons (Fsp3) is 0.115. The molecule has 0 atom stereocenters. The highest BCUT2D eigenvalue weighted by molar-refractivity contribution is 9.11. The van der Waals surface area contributed by atoms with Crippen LogP contribution in [-0.4, -0.2) is 16.9 Å². The maximum Gasteiger partial charge on any atom is 0.270 e. The number of benzene rings is 3. The lowest BCUT2D eigenvalue weighted by Crippen LogP contribution is -2.54. The van der Waals surface area contributed by atoms with Crippen molar-refractivity contribution in [2.45, 2.75) is 20.5 Å². The van der Waals surface area contributed by atoms with Gasteiger partial charge in [0.2, 0.25) is 0 Å². The van der Waals surface area contributed by atoms with Gasteiger partial charge in [-0.25, -0.2) is 0 Å². The molecular weight excluding hydrogens is 580 g/mol. The Kier molecular flexibility index (Phi) is 7.30. The van der Waals surface area contributed by atoms with Gasteiger partial charge in [0, 0.05) is 10.0 Å². The SMILES string of the molecule is Cc1cc(C)cc(N2C(=O)/C(=C/c3cc(Br)cc(Br)c3OCc3ccccc3)C(=O)NC2=S)c1. The quantitative estimate of drug-likeness (QED) is 0.214. The van der Waals surface area contributed by atoms with E-state index in [-0.39, 0.29) is 10.7 Å². The average molecular weight is 600 g/mol. The number of amides is 2. The van der Waals surface area contributed by atoms with Gasteiger partial charge in [0.25, 0.3) is 11.8 Å². The standard InChI is InChI=1S/C26H20Br2N2O3S/c1-15-8-16(2)10-20(9-15)30-25(32)21(24(31)29-26(30)34)12-18-11-19(27)13-22(28)23(18)33-14-17-6-4-3-5-7-17/h3-13H,14H2,1-2H3,(H,29,31,34)/b21-12+. The number of aryl methyl sites for hydroxylation is 2. The van der Waals surface area contributed by atoms with Crippen LogP contribution in [0.4, 0.5) is 5.69 Å². The number of carbonyl (C=O) groups is 2. The molecule has 0 saturated carbocycles. The van der Waals surface area contributed by atoms with Gasteiger partial charge in [0.05, 0.1) is 10.2 Å². The Morgan fingerprint density at radius 2 is 1.68 bits per heavy atom. The number of nitrogens with zero attached hydrogens (tertiary/aromatic N) is 1. The van der Waals surface area contributed by atoms with E-state index in [2.05, 4.69) is 37.2 Å². The molecule has 0 radical (unpaired) electrons. The number of thiocarbonyl (C=S) groups is 1. The molecule has 0 bridgehead atoms. The van der Waals surface area contributed by atoms with Crippen LogP contribution in [0.1, 0.15) is 22.3 Å². The summed E-state index contributed by atoms with van der Waals surface area (Å²) in [4.78, 5) is 27.6. The number of ether oxygens (including phenoxy) is 1. The number of hydrogen-bond donors (Lipinski definition) is 1.